The van der Waals surface area contributed by atoms with Gasteiger partial charge in [-0.15, -0.1) is 10.2 Å². The molecule has 0 aliphatic heterocycles. The molecule has 2 heterocycles. The normalized spacial score (nSPS) is 10.7. The van der Waals surface area contributed by atoms with E-state index in [9.17, 15) is 4.79 Å². The van der Waals surface area contributed by atoms with Gasteiger partial charge in [0, 0.05) is 34.7 Å². The van der Waals surface area contributed by atoms with E-state index in [-0.39, 0.29) is 11.7 Å². The van der Waals surface area contributed by atoms with Crippen LogP contribution >= 0.6 is 23.4 Å². The van der Waals surface area contributed by atoms with E-state index in [2.05, 4.69) is 20.5 Å². The summed E-state index contributed by atoms with van der Waals surface area (Å²) >= 11 is 7.45. The standard InChI is InChI=1S/C23H20ClN5O2S/c1-15-12-19(20(31-2)13-18(15)24)26-21(30)14-32-23-28-27-22(16-8-10-25-11-9-16)29(23)17-6-4-3-5-7-17/h3-13H,14H2,1-2H3,(H,26,30). The number of hydrogen-bond acceptors (Lipinski definition) is 6. The number of aryl methyl sites for hydroxylation is 1. The van der Waals surface area contributed by atoms with Crippen molar-refractivity contribution in [1.82, 2.24) is 19.7 Å². The number of carbonyl (C=O) groups is 1. The van der Waals surface area contributed by atoms with Crippen molar-refractivity contribution in [3.05, 3.63) is 77.6 Å². The molecular weight excluding hydrogens is 446 g/mol. The number of carbonyl (C=O) groups excluding carboxylic acids is 1. The summed E-state index contributed by atoms with van der Waals surface area (Å²) in [6, 6.07) is 17.0. The van der Waals surface area contributed by atoms with Crippen LogP contribution in [0, 0.1) is 6.92 Å². The van der Waals surface area contributed by atoms with E-state index < -0.39 is 0 Å². The zero-order chi connectivity index (χ0) is 22.5. The minimum absolute atomic E-state index is 0.145. The molecule has 0 radical (unpaired) electrons. The Balaban J connectivity index is 1.57. The summed E-state index contributed by atoms with van der Waals surface area (Å²) < 4.78 is 7.27. The van der Waals surface area contributed by atoms with E-state index in [4.69, 9.17) is 16.3 Å². The third-order valence-corrected chi connectivity index (χ3v) is 6.01. The first-order valence-electron chi connectivity index (χ1n) is 9.75. The van der Waals surface area contributed by atoms with Gasteiger partial charge in [-0.05, 0) is 42.8 Å². The molecule has 0 atom stereocenters. The maximum absolute atomic E-state index is 12.7. The largest absolute Gasteiger partial charge is 0.495 e. The summed E-state index contributed by atoms with van der Waals surface area (Å²) in [6.07, 6.45) is 3.42. The lowest BCUT2D eigenvalue weighted by molar-refractivity contribution is -0.113. The number of benzene rings is 2. The molecule has 0 saturated heterocycles. The number of pyridine rings is 1. The van der Waals surface area contributed by atoms with Crippen LogP contribution in [-0.2, 0) is 4.79 Å². The first kappa shape index (κ1) is 21.9. The Bertz CT molecular complexity index is 1230. The summed E-state index contributed by atoms with van der Waals surface area (Å²) in [5.74, 6) is 1.14. The van der Waals surface area contributed by atoms with Gasteiger partial charge in [-0.3, -0.25) is 14.3 Å². The molecule has 0 fully saturated rings. The molecule has 2 aromatic carbocycles. The third kappa shape index (κ3) is 4.76. The molecule has 2 aromatic heterocycles. The van der Waals surface area contributed by atoms with Gasteiger partial charge in [0.05, 0.1) is 18.6 Å². The molecule has 4 aromatic rings. The Kier molecular flexibility index (Phi) is 6.72. The lowest BCUT2D eigenvalue weighted by Gasteiger charge is -2.13. The molecule has 0 saturated carbocycles. The average molecular weight is 466 g/mol. The van der Waals surface area contributed by atoms with Gasteiger partial charge in [-0.1, -0.05) is 41.6 Å². The fourth-order valence-electron chi connectivity index (χ4n) is 3.11. The van der Waals surface area contributed by atoms with Crippen LogP contribution in [-0.4, -0.2) is 38.5 Å². The van der Waals surface area contributed by atoms with E-state index in [0.29, 0.717) is 27.4 Å². The highest BCUT2D eigenvalue weighted by molar-refractivity contribution is 7.99. The quantitative estimate of drug-likeness (QED) is 0.385. The number of nitrogens with one attached hydrogen (secondary N) is 1. The Morgan fingerprint density at radius 2 is 1.88 bits per heavy atom. The highest BCUT2D eigenvalue weighted by Gasteiger charge is 2.18. The zero-order valence-corrected chi connectivity index (χ0v) is 19.0. The van der Waals surface area contributed by atoms with Crippen molar-refractivity contribution in [3.63, 3.8) is 0 Å². The van der Waals surface area contributed by atoms with Gasteiger partial charge in [-0.25, -0.2) is 0 Å². The van der Waals surface area contributed by atoms with Crippen LogP contribution in [0.2, 0.25) is 5.02 Å². The van der Waals surface area contributed by atoms with Gasteiger partial charge < -0.3 is 10.1 Å². The van der Waals surface area contributed by atoms with Crippen LogP contribution in [0.1, 0.15) is 5.56 Å². The van der Waals surface area contributed by atoms with Gasteiger partial charge in [-0.2, -0.15) is 0 Å². The molecule has 1 N–H and O–H groups in total. The topological polar surface area (TPSA) is 81.9 Å². The molecular formula is C23H20ClN5O2S. The van der Waals surface area contributed by atoms with E-state index in [0.717, 1.165) is 16.8 Å². The number of para-hydroxylation sites is 1. The highest BCUT2D eigenvalue weighted by atomic mass is 35.5. The minimum Gasteiger partial charge on any atom is -0.495 e. The van der Waals surface area contributed by atoms with E-state index in [1.807, 2.05) is 54.0 Å². The number of thioether (sulfide) groups is 1. The number of ether oxygens (including phenoxy) is 1. The summed E-state index contributed by atoms with van der Waals surface area (Å²) in [6.45, 7) is 1.87. The van der Waals surface area contributed by atoms with Crippen LogP contribution in [0.4, 0.5) is 5.69 Å². The van der Waals surface area contributed by atoms with E-state index in [1.165, 1.54) is 18.9 Å². The molecule has 7 nitrogen and oxygen atoms in total. The van der Waals surface area contributed by atoms with E-state index in [1.54, 1.807) is 24.5 Å². The van der Waals surface area contributed by atoms with Gasteiger partial charge in [0.2, 0.25) is 5.91 Å². The van der Waals surface area contributed by atoms with Crippen molar-refractivity contribution >= 4 is 35.0 Å². The third-order valence-electron chi connectivity index (χ3n) is 4.67. The molecule has 1 amide bonds. The molecule has 32 heavy (non-hydrogen) atoms. The second kappa shape index (κ2) is 9.84. The number of amides is 1. The van der Waals surface area contributed by atoms with Crippen molar-refractivity contribution in [2.24, 2.45) is 0 Å². The Labute approximate surface area is 194 Å². The van der Waals surface area contributed by atoms with Crippen LogP contribution < -0.4 is 10.1 Å². The fraction of sp³-hybridized carbons (Fsp3) is 0.130. The first-order chi connectivity index (χ1) is 15.6. The summed E-state index contributed by atoms with van der Waals surface area (Å²) in [7, 11) is 1.54. The van der Waals surface area contributed by atoms with Crippen LogP contribution in [0.15, 0.2) is 72.1 Å². The number of aromatic nitrogens is 4. The highest BCUT2D eigenvalue weighted by Crippen LogP contribution is 2.32. The summed E-state index contributed by atoms with van der Waals surface area (Å²) in [4.78, 5) is 16.8. The van der Waals surface area contributed by atoms with Crippen LogP contribution in [0.5, 0.6) is 5.75 Å². The predicted molar refractivity (Wildman–Crippen MR) is 127 cm³/mol. The SMILES string of the molecule is COc1cc(Cl)c(C)cc1NC(=O)CSc1nnc(-c2ccncc2)n1-c1ccccc1. The monoisotopic (exact) mass is 465 g/mol. The molecule has 0 aliphatic carbocycles. The van der Waals surface area contributed by atoms with Gasteiger partial charge in [0.1, 0.15) is 5.75 Å². The summed E-state index contributed by atoms with van der Waals surface area (Å²) in [5, 5.41) is 12.8. The van der Waals surface area contributed by atoms with Crippen molar-refractivity contribution in [3.8, 4) is 22.8 Å². The number of halogens is 1. The molecule has 9 heteroatoms. The number of hydrogen-bond donors (Lipinski definition) is 1. The van der Waals surface area contributed by atoms with Crippen LogP contribution in [0.3, 0.4) is 0 Å². The van der Waals surface area contributed by atoms with Crippen LogP contribution in [0.25, 0.3) is 17.1 Å². The van der Waals surface area contributed by atoms with Gasteiger partial charge >= 0.3 is 0 Å². The second-order valence-electron chi connectivity index (χ2n) is 6.85. The molecule has 0 unspecified atom stereocenters. The maximum atomic E-state index is 12.7. The molecule has 0 bridgehead atoms. The molecule has 0 spiro atoms. The number of rotatable bonds is 7. The van der Waals surface area contributed by atoms with Crippen molar-refractivity contribution < 1.29 is 9.53 Å². The Hall–Kier alpha value is -3.36. The molecule has 0 aliphatic rings. The van der Waals surface area contributed by atoms with Gasteiger partial charge in [0.15, 0.2) is 11.0 Å². The Morgan fingerprint density at radius 3 is 2.59 bits per heavy atom. The summed E-state index contributed by atoms with van der Waals surface area (Å²) in [5.41, 5.74) is 3.21. The predicted octanol–water partition coefficient (Wildman–Crippen LogP) is 5.03. The lowest BCUT2D eigenvalue weighted by atomic mass is 10.2. The van der Waals surface area contributed by atoms with Crippen molar-refractivity contribution in [2.45, 2.75) is 12.1 Å². The average Bonchev–Trinajstić information content (AvgIpc) is 3.25. The number of methoxy groups -OCH3 is 1. The lowest BCUT2D eigenvalue weighted by Crippen LogP contribution is -2.15. The molecule has 162 valence electrons. The Morgan fingerprint density at radius 1 is 1.12 bits per heavy atom. The van der Waals surface area contributed by atoms with Gasteiger partial charge in [0.25, 0.3) is 0 Å². The smallest absolute Gasteiger partial charge is 0.234 e. The minimum atomic E-state index is -0.192. The fourth-order valence-corrected chi connectivity index (χ4v) is 4.01. The first-order valence-corrected chi connectivity index (χ1v) is 11.1. The van der Waals surface area contributed by atoms with Crippen molar-refractivity contribution in [2.75, 3.05) is 18.2 Å². The number of anilines is 1. The zero-order valence-electron chi connectivity index (χ0n) is 17.4. The molecule has 4 rings (SSSR count). The maximum Gasteiger partial charge on any atom is 0.234 e. The second-order valence-corrected chi connectivity index (χ2v) is 8.20. The van der Waals surface area contributed by atoms with E-state index >= 15 is 0 Å². The number of nitrogens with zero attached hydrogens (tertiary/aromatic N) is 4. The van der Waals surface area contributed by atoms with Crippen molar-refractivity contribution in [1.29, 1.82) is 0 Å².